The zero-order valence-corrected chi connectivity index (χ0v) is 10.7. The zero-order chi connectivity index (χ0) is 10.7. The number of hydrogen-bond donors (Lipinski definition) is 1. The number of pyridine rings is 1. The van der Waals surface area contributed by atoms with Crippen molar-refractivity contribution in [2.75, 3.05) is 19.6 Å². The molecule has 0 aliphatic carbocycles. The Bertz CT molecular complexity index is 304. The van der Waals surface area contributed by atoms with Crippen molar-refractivity contribution in [3.05, 3.63) is 30.1 Å². The Morgan fingerprint density at radius 1 is 1.50 bits per heavy atom. The van der Waals surface area contributed by atoms with Gasteiger partial charge in [0.05, 0.1) is 5.69 Å². The Kier molecular flexibility index (Phi) is 5.19. The van der Waals surface area contributed by atoms with Gasteiger partial charge in [0.25, 0.3) is 0 Å². The van der Waals surface area contributed by atoms with Gasteiger partial charge in [0.1, 0.15) is 0 Å². The molecule has 4 heteroatoms. The van der Waals surface area contributed by atoms with Crippen molar-refractivity contribution in [1.82, 2.24) is 15.2 Å². The van der Waals surface area contributed by atoms with E-state index < -0.39 is 0 Å². The number of nitrogens with one attached hydrogen (secondary N) is 1. The molecule has 1 saturated heterocycles. The molecule has 1 aliphatic rings. The molecule has 1 aliphatic heterocycles. The molecule has 3 nitrogen and oxygen atoms in total. The number of nitrogens with zero attached hydrogens (tertiary/aromatic N) is 2. The predicted molar refractivity (Wildman–Crippen MR) is 68.9 cm³/mol. The first-order chi connectivity index (χ1) is 7.27. The summed E-state index contributed by atoms with van der Waals surface area (Å²) in [5, 5.41) is 3.46. The molecule has 90 valence electrons. The largest absolute Gasteiger partial charge is 0.312 e. The number of halogens is 1. The summed E-state index contributed by atoms with van der Waals surface area (Å²) in [6, 6.07) is 7.15. The number of aromatic nitrogens is 1. The highest BCUT2D eigenvalue weighted by Gasteiger charge is 2.21. The van der Waals surface area contributed by atoms with E-state index in [1.54, 1.807) is 0 Å². The van der Waals surface area contributed by atoms with Gasteiger partial charge in [0, 0.05) is 37.9 Å². The summed E-state index contributed by atoms with van der Waals surface area (Å²) < 4.78 is 0. The molecule has 1 fully saturated rings. The predicted octanol–water partition coefficient (Wildman–Crippen LogP) is 1.86. The van der Waals surface area contributed by atoms with Gasteiger partial charge in [-0.05, 0) is 26.0 Å². The van der Waals surface area contributed by atoms with Gasteiger partial charge in [-0.1, -0.05) is 6.07 Å². The highest BCUT2D eigenvalue weighted by atomic mass is 35.5. The Hall–Kier alpha value is -0.640. The SMILES string of the molecule is CC1CN(C(C)c2ccccn2)CCN1.Cl. The summed E-state index contributed by atoms with van der Waals surface area (Å²) in [5.41, 5.74) is 1.17. The second kappa shape index (κ2) is 6.18. The van der Waals surface area contributed by atoms with E-state index in [-0.39, 0.29) is 12.4 Å². The number of piperazine rings is 1. The quantitative estimate of drug-likeness (QED) is 0.857. The lowest BCUT2D eigenvalue weighted by Crippen LogP contribution is -2.49. The Balaban J connectivity index is 0.00000128. The van der Waals surface area contributed by atoms with Crippen LogP contribution in [0.1, 0.15) is 25.6 Å². The van der Waals surface area contributed by atoms with Crippen molar-refractivity contribution in [1.29, 1.82) is 0 Å². The highest BCUT2D eigenvalue weighted by Crippen LogP contribution is 2.18. The standard InChI is InChI=1S/C12H19N3.ClH/c1-10-9-15(8-7-13-10)11(2)12-5-3-4-6-14-12;/h3-6,10-11,13H,7-9H2,1-2H3;1H. The lowest BCUT2D eigenvalue weighted by Gasteiger charge is -2.35. The maximum Gasteiger partial charge on any atom is 0.0572 e. The summed E-state index contributed by atoms with van der Waals surface area (Å²) in [4.78, 5) is 6.91. The van der Waals surface area contributed by atoms with Gasteiger partial charge in [-0.3, -0.25) is 9.88 Å². The number of rotatable bonds is 2. The Morgan fingerprint density at radius 2 is 2.31 bits per heavy atom. The summed E-state index contributed by atoms with van der Waals surface area (Å²) >= 11 is 0. The molecule has 0 amide bonds. The average molecular weight is 242 g/mol. The molecule has 0 spiro atoms. The molecular formula is C12H20ClN3. The van der Waals surface area contributed by atoms with Gasteiger partial charge < -0.3 is 5.32 Å². The van der Waals surface area contributed by atoms with Crippen LogP contribution in [0.5, 0.6) is 0 Å². The molecule has 0 aromatic carbocycles. The summed E-state index contributed by atoms with van der Waals surface area (Å²) in [6.07, 6.45) is 1.87. The van der Waals surface area contributed by atoms with Crippen molar-refractivity contribution in [3.8, 4) is 0 Å². The van der Waals surface area contributed by atoms with Crippen LogP contribution >= 0.6 is 12.4 Å². The van der Waals surface area contributed by atoms with Crippen LogP contribution in [0.2, 0.25) is 0 Å². The van der Waals surface area contributed by atoms with Crippen LogP contribution in [0, 0.1) is 0 Å². The van der Waals surface area contributed by atoms with Gasteiger partial charge >= 0.3 is 0 Å². The topological polar surface area (TPSA) is 28.2 Å². The van der Waals surface area contributed by atoms with Crippen LogP contribution in [0.4, 0.5) is 0 Å². The molecule has 2 heterocycles. The van der Waals surface area contributed by atoms with Gasteiger partial charge in [-0.25, -0.2) is 0 Å². The van der Waals surface area contributed by atoms with E-state index in [1.165, 1.54) is 5.69 Å². The molecule has 16 heavy (non-hydrogen) atoms. The summed E-state index contributed by atoms with van der Waals surface area (Å²) in [7, 11) is 0. The van der Waals surface area contributed by atoms with Gasteiger partial charge in [0.2, 0.25) is 0 Å². The third kappa shape index (κ3) is 3.17. The lowest BCUT2D eigenvalue weighted by atomic mass is 10.1. The highest BCUT2D eigenvalue weighted by molar-refractivity contribution is 5.85. The van der Waals surface area contributed by atoms with E-state index in [1.807, 2.05) is 12.3 Å². The van der Waals surface area contributed by atoms with Crippen LogP contribution in [-0.4, -0.2) is 35.6 Å². The van der Waals surface area contributed by atoms with Crippen molar-refractivity contribution in [3.63, 3.8) is 0 Å². The minimum absolute atomic E-state index is 0. The van der Waals surface area contributed by atoms with E-state index in [4.69, 9.17) is 0 Å². The molecular weight excluding hydrogens is 222 g/mol. The first-order valence-electron chi connectivity index (χ1n) is 5.65. The molecule has 2 atom stereocenters. The fraction of sp³-hybridized carbons (Fsp3) is 0.583. The summed E-state index contributed by atoms with van der Waals surface area (Å²) in [6.45, 7) is 7.77. The molecule has 1 aromatic heterocycles. The normalized spacial score (nSPS) is 23.5. The first kappa shape index (κ1) is 13.4. The van der Waals surface area contributed by atoms with Crippen LogP contribution in [0.3, 0.4) is 0 Å². The second-order valence-electron chi connectivity index (χ2n) is 4.28. The monoisotopic (exact) mass is 241 g/mol. The minimum atomic E-state index is 0. The van der Waals surface area contributed by atoms with Crippen LogP contribution in [0.25, 0.3) is 0 Å². The summed E-state index contributed by atoms with van der Waals surface area (Å²) in [5.74, 6) is 0. The second-order valence-corrected chi connectivity index (χ2v) is 4.28. The van der Waals surface area contributed by atoms with Crippen molar-refractivity contribution < 1.29 is 0 Å². The zero-order valence-electron chi connectivity index (χ0n) is 9.89. The third-order valence-electron chi connectivity index (χ3n) is 3.06. The Labute approximate surface area is 104 Å². The fourth-order valence-electron chi connectivity index (χ4n) is 2.12. The maximum absolute atomic E-state index is 4.42. The van der Waals surface area contributed by atoms with E-state index in [0.29, 0.717) is 12.1 Å². The van der Waals surface area contributed by atoms with Crippen LogP contribution in [0.15, 0.2) is 24.4 Å². The first-order valence-corrected chi connectivity index (χ1v) is 5.65. The van der Waals surface area contributed by atoms with Gasteiger partial charge in [0.15, 0.2) is 0 Å². The van der Waals surface area contributed by atoms with Crippen molar-refractivity contribution in [2.24, 2.45) is 0 Å². The molecule has 1 aromatic rings. The molecule has 2 rings (SSSR count). The van der Waals surface area contributed by atoms with E-state index in [0.717, 1.165) is 19.6 Å². The molecule has 0 saturated carbocycles. The van der Waals surface area contributed by atoms with Crippen molar-refractivity contribution in [2.45, 2.75) is 25.9 Å². The molecule has 0 bridgehead atoms. The van der Waals surface area contributed by atoms with E-state index in [2.05, 4.69) is 41.2 Å². The smallest absolute Gasteiger partial charge is 0.0572 e. The molecule has 0 radical (unpaired) electrons. The minimum Gasteiger partial charge on any atom is -0.312 e. The molecule has 2 unspecified atom stereocenters. The van der Waals surface area contributed by atoms with Crippen LogP contribution in [-0.2, 0) is 0 Å². The third-order valence-corrected chi connectivity index (χ3v) is 3.06. The lowest BCUT2D eigenvalue weighted by molar-refractivity contribution is 0.156. The van der Waals surface area contributed by atoms with Gasteiger partial charge in [-0.2, -0.15) is 0 Å². The van der Waals surface area contributed by atoms with Gasteiger partial charge in [-0.15, -0.1) is 12.4 Å². The number of hydrogen-bond acceptors (Lipinski definition) is 3. The van der Waals surface area contributed by atoms with E-state index >= 15 is 0 Å². The fourth-order valence-corrected chi connectivity index (χ4v) is 2.12. The van der Waals surface area contributed by atoms with Crippen molar-refractivity contribution >= 4 is 12.4 Å². The maximum atomic E-state index is 4.42. The van der Waals surface area contributed by atoms with E-state index in [9.17, 15) is 0 Å². The Morgan fingerprint density at radius 3 is 2.94 bits per heavy atom. The van der Waals surface area contributed by atoms with Crippen LogP contribution < -0.4 is 5.32 Å². The average Bonchev–Trinajstić information content (AvgIpc) is 2.29. The molecule has 1 N–H and O–H groups in total.